The molecular weight excluding hydrogens is 680 g/mol. The summed E-state index contributed by atoms with van der Waals surface area (Å²) in [5.41, 5.74) is 5.35. The lowest BCUT2D eigenvalue weighted by Gasteiger charge is -2.22. The van der Waals surface area contributed by atoms with Gasteiger partial charge in [0.25, 0.3) is 0 Å². The van der Waals surface area contributed by atoms with Gasteiger partial charge in [0.05, 0.1) is 39.0 Å². The molecule has 5 nitrogen and oxygen atoms in total. The number of alkyl halides is 3. The summed E-state index contributed by atoms with van der Waals surface area (Å²) < 4.78 is 56.2. The van der Waals surface area contributed by atoms with Crippen LogP contribution in [0, 0.1) is 11.3 Å². The van der Waals surface area contributed by atoms with Gasteiger partial charge in [-0.3, -0.25) is 0 Å². The average molecular weight is 708 g/mol. The maximum Gasteiger partial charge on any atom is 0.420 e. The fourth-order valence-electron chi connectivity index (χ4n) is 9.11. The van der Waals surface area contributed by atoms with Crippen LogP contribution in [0.5, 0.6) is 0 Å². The van der Waals surface area contributed by atoms with Gasteiger partial charge < -0.3 is 18.3 Å². The molecule has 11 aromatic rings. The fourth-order valence-corrected chi connectivity index (χ4v) is 9.11. The van der Waals surface area contributed by atoms with Crippen molar-refractivity contribution in [1.29, 1.82) is 5.26 Å². The first-order valence-corrected chi connectivity index (χ1v) is 17.7. The first-order valence-electron chi connectivity index (χ1n) is 17.7. The zero-order valence-corrected chi connectivity index (χ0v) is 29.1. The summed E-state index contributed by atoms with van der Waals surface area (Å²) >= 11 is 0. The lowest BCUT2D eigenvalue weighted by Crippen LogP contribution is -2.17. The highest BCUT2D eigenvalue weighted by molar-refractivity contribution is 6.20. The van der Waals surface area contributed by atoms with Gasteiger partial charge in [0.2, 0.25) is 0 Å². The number of halogens is 3. The number of rotatable bonds is 2. The molecule has 258 valence electrons. The second-order valence-electron chi connectivity index (χ2n) is 14.1. The predicted octanol–water partition coefficient (Wildman–Crippen LogP) is 12.1. The number of nitriles is 1. The molecular formula is C46H28F3N5. The lowest BCUT2D eigenvalue weighted by molar-refractivity contribution is -0.137. The Kier molecular flexibility index (Phi) is 5.98. The quantitative estimate of drug-likeness (QED) is 0.176. The Morgan fingerprint density at radius 1 is 0.444 bits per heavy atom. The van der Waals surface area contributed by atoms with Crippen LogP contribution < -0.4 is 0 Å². The second kappa shape index (κ2) is 10.6. The van der Waals surface area contributed by atoms with Gasteiger partial charge in [-0.25, -0.2) is 0 Å². The van der Waals surface area contributed by atoms with E-state index in [4.69, 9.17) is 0 Å². The number of hydrogen-bond acceptors (Lipinski definition) is 1. The van der Waals surface area contributed by atoms with Crippen LogP contribution in [0.4, 0.5) is 13.2 Å². The Hall–Kier alpha value is -6.98. The third-order valence-electron chi connectivity index (χ3n) is 11.4. The molecule has 0 aliphatic rings. The van der Waals surface area contributed by atoms with E-state index in [1.165, 1.54) is 12.1 Å². The van der Waals surface area contributed by atoms with Crippen LogP contribution in [-0.4, -0.2) is 18.3 Å². The van der Waals surface area contributed by atoms with Crippen molar-refractivity contribution in [2.75, 3.05) is 0 Å². The molecule has 11 rings (SSSR count). The molecule has 0 radical (unpaired) electrons. The highest BCUT2D eigenvalue weighted by Gasteiger charge is 2.40. The number of aromatic nitrogens is 4. The maximum atomic E-state index is 16.2. The Labute approximate surface area is 305 Å². The Balaban J connectivity index is 1.32. The molecule has 0 saturated heterocycles. The molecule has 54 heavy (non-hydrogen) atoms. The zero-order chi connectivity index (χ0) is 36.6. The van der Waals surface area contributed by atoms with E-state index in [9.17, 15) is 5.26 Å². The minimum Gasteiger partial charge on any atom is -0.344 e. The van der Waals surface area contributed by atoms with Crippen LogP contribution in [0.25, 0.3) is 98.6 Å². The number of hydrogen-bond donors (Lipinski definition) is 0. The van der Waals surface area contributed by atoms with E-state index in [1.54, 1.807) is 9.13 Å². The molecule has 0 aliphatic heterocycles. The van der Waals surface area contributed by atoms with Gasteiger partial charge in [-0.2, -0.15) is 18.4 Å². The van der Waals surface area contributed by atoms with Crippen LogP contribution in [-0.2, 0) is 20.3 Å². The summed E-state index contributed by atoms with van der Waals surface area (Å²) in [6.07, 6.45) is -4.85. The van der Waals surface area contributed by atoms with Gasteiger partial charge in [0.1, 0.15) is 11.6 Å². The molecule has 4 heterocycles. The predicted molar refractivity (Wildman–Crippen MR) is 213 cm³/mol. The lowest BCUT2D eigenvalue weighted by atomic mass is 10.0. The molecule has 8 heteroatoms. The van der Waals surface area contributed by atoms with Gasteiger partial charge in [-0.15, -0.1) is 0 Å². The molecule has 0 N–H and O–H groups in total. The summed E-state index contributed by atoms with van der Waals surface area (Å²) in [7, 11) is 4.02. The molecule has 0 fully saturated rings. The van der Waals surface area contributed by atoms with Gasteiger partial charge in [-0.1, -0.05) is 72.8 Å². The van der Waals surface area contributed by atoms with Gasteiger partial charge in [0, 0.05) is 79.3 Å². The summed E-state index contributed by atoms with van der Waals surface area (Å²) in [6.45, 7) is 0. The number of aryl methyl sites for hydroxylation is 2. The molecule has 0 saturated carbocycles. The third-order valence-corrected chi connectivity index (χ3v) is 11.4. The van der Waals surface area contributed by atoms with Crippen molar-refractivity contribution in [2.45, 2.75) is 6.18 Å². The fraction of sp³-hybridized carbons (Fsp3) is 0.0652. The highest BCUT2D eigenvalue weighted by atomic mass is 19.4. The van der Waals surface area contributed by atoms with E-state index < -0.39 is 11.7 Å². The van der Waals surface area contributed by atoms with E-state index in [1.807, 2.05) is 117 Å². The second-order valence-corrected chi connectivity index (χ2v) is 14.1. The Morgan fingerprint density at radius 3 is 1.31 bits per heavy atom. The first kappa shape index (κ1) is 30.6. The number of para-hydroxylation sites is 4. The van der Waals surface area contributed by atoms with Crippen LogP contribution in [0.3, 0.4) is 0 Å². The van der Waals surface area contributed by atoms with E-state index in [-0.39, 0.29) is 16.9 Å². The summed E-state index contributed by atoms with van der Waals surface area (Å²) in [5.74, 6) is 0. The molecule has 0 aliphatic carbocycles. The van der Waals surface area contributed by atoms with Crippen LogP contribution >= 0.6 is 0 Å². The molecule has 0 atom stereocenters. The summed E-state index contributed by atoms with van der Waals surface area (Å²) in [4.78, 5) is 0. The van der Waals surface area contributed by atoms with E-state index >= 15 is 13.2 Å². The smallest absolute Gasteiger partial charge is 0.344 e. The molecule has 0 spiro atoms. The average Bonchev–Trinajstić information content (AvgIpc) is 3.87. The molecule has 0 amide bonds. The number of nitrogens with zero attached hydrogens (tertiary/aromatic N) is 5. The van der Waals surface area contributed by atoms with Crippen molar-refractivity contribution in [2.24, 2.45) is 14.1 Å². The van der Waals surface area contributed by atoms with Crippen molar-refractivity contribution in [3.8, 4) is 17.4 Å². The third kappa shape index (κ3) is 3.88. The SMILES string of the molecule is Cn1c2ccccc2c2cc3c(cc21)c1ccccc1n3-c1ccc(C#N)c(-n2c3ccccc3c3cc4c(cc32)c2ccccc2n4C)c1C(F)(F)F. The zero-order valence-electron chi connectivity index (χ0n) is 29.1. The Morgan fingerprint density at radius 2 is 0.833 bits per heavy atom. The highest BCUT2D eigenvalue weighted by Crippen LogP contribution is 2.47. The topological polar surface area (TPSA) is 43.5 Å². The van der Waals surface area contributed by atoms with Gasteiger partial charge >= 0.3 is 6.18 Å². The number of fused-ring (bicyclic) bond motifs is 12. The van der Waals surface area contributed by atoms with E-state index in [0.29, 0.717) is 22.1 Å². The van der Waals surface area contributed by atoms with Crippen LogP contribution in [0.2, 0.25) is 0 Å². The molecule has 4 aromatic heterocycles. The Bertz CT molecular complexity index is 3470. The summed E-state index contributed by atoms with van der Waals surface area (Å²) in [5, 5.41) is 17.8. The molecule has 7 aromatic carbocycles. The standard InChI is InChI=1S/C46H28F3N5/c1-51-35-15-7-3-11-27(35)31-23-42-33(21-40(31)51)29-13-5-9-17-37(29)53(42)39-20-19-26(25-50)45(44(39)46(47,48)49)54-38-18-10-6-14-30(38)34-22-41-32(24-43(34)54)28-12-4-8-16-36(28)52(41)2/h3-24H,1-2H3. The van der Waals surface area contributed by atoms with Crippen LogP contribution in [0.15, 0.2) is 133 Å². The van der Waals surface area contributed by atoms with Crippen molar-refractivity contribution < 1.29 is 13.2 Å². The van der Waals surface area contributed by atoms with Gasteiger partial charge in [-0.05, 0) is 60.7 Å². The van der Waals surface area contributed by atoms with Crippen molar-refractivity contribution in [3.63, 3.8) is 0 Å². The number of benzene rings is 7. The van der Waals surface area contributed by atoms with E-state index in [2.05, 4.69) is 33.4 Å². The van der Waals surface area contributed by atoms with Crippen molar-refractivity contribution >= 4 is 87.2 Å². The normalized spacial score (nSPS) is 12.5. The first-order chi connectivity index (χ1) is 26.2. The van der Waals surface area contributed by atoms with Crippen molar-refractivity contribution in [1.82, 2.24) is 18.3 Å². The molecule has 0 bridgehead atoms. The van der Waals surface area contributed by atoms with Crippen LogP contribution in [0.1, 0.15) is 11.1 Å². The minimum absolute atomic E-state index is 0.0422. The van der Waals surface area contributed by atoms with Gasteiger partial charge in [0.15, 0.2) is 0 Å². The summed E-state index contributed by atoms with van der Waals surface area (Å²) in [6, 6.07) is 44.5. The maximum absolute atomic E-state index is 16.2. The minimum atomic E-state index is -4.85. The largest absolute Gasteiger partial charge is 0.420 e. The van der Waals surface area contributed by atoms with E-state index in [0.717, 1.165) is 65.2 Å². The van der Waals surface area contributed by atoms with Crippen molar-refractivity contribution in [3.05, 3.63) is 145 Å². The molecule has 0 unspecified atom stereocenters. The monoisotopic (exact) mass is 707 g/mol.